The molecule has 0 aliphatic carbocycles. The summed E-state index contributed by atoms with van der Waals surface area (Å²) in [6, 6.07) is -0.402. The zero-order chi connectivity index (χ0) is 14.0. The Hall–Kier alpha value is -1.34. The molecule has 0 heterocycles. The van der Waals surface area contributed by atoms with Crippen LogP contribution in [0.1, 0.15) is 20.8 Å². The Bertz CT molecular complexity index is 268. The Kier molecular flexibility index (Phi) is 8.95. The molecule has 18 heavy (non-hydrogen) atoms. The molecule has 1 atom stereocenters. The van der Waals surface area contributed by atoms with E-state index in [0.29, 0.717) is 31.6 Å². The van der Waals surface area contributed by atoms with Gasteiger partial charge < -0.3 is 15.4 Å². The fourth-order valence-corrected chi connectivity index (χ4v) is 1.11. The number of methoxy groups -OCH3 is 1. The number of hydrazine groups is 1. The first-order chi connectivity index (χ1) is 8.51. The Morgan fingerprint density at radius 3 is 2.56 bits per heavy atom. The predicted molar refractivity (Wildman–Crippen MR) is 71.9 cm³/mol. The molecular weight excluding hydrogens is 234 g/mol. The van der Waals surface area contributed by atoms with E-state index >= 15 is 0 Å². The zero-order valence-electron chi connectivity index (χ0n) is 11.6. The highest BCUT2D eigenvalue weighted by Gasteiger charge is 2.13. The lowest BCUT2D eigenvalue weighted by Gasteiger charge is -2.17. The molecule has 0 spiro atoms. The fourth-order valence-electron chi connectivity index (χ4n) is 1.11. The normalized spacial score (nSPS) is 13.3. The molecule has 7 heteroatoms. The number of aliphatic imine (C=N–C) groups is 1. The third-order valence-electron chi connectivity index (χ3n) is 2.13. The first-order valence-corrected chi connectivity index (χ1v) is 6.05. The van der Waals surface area contributed by atoms with E-state index in [1.165, 1.54) is 0 Å². The standard InChI is InChI=1S/C11H25N5O2/c1-8(2)7-14-10(17)9(3)15-11(16-12)13-5-6-18-4/h8-9H,5-7,12H2,1-4H3,(H,14,17)(H2,13,15,16). The maximum Gasteiger partial charge on any atom is 0.242 e. The van der Waals surface area contributed by atoms with E-state index in [9.17, 15) is 4.79 Å². The molecule has 0 aromatic rings. The molecule has 0 radical (unpaired) electrons. The van der Waals surface area contributed by atoms with Gasteiger partial charge in [0.15, 0.2) is 0 Å². The van der Waals surface area contributed by atoms with Crippen LogP contribution in [0.4, 0.5) is 0 Å². The number of hydrogen-bond donors (Lipinski definition) is 4. The number of nitrogens with zero attached hydrogens (tertiary/aromatic N) is 1. The molecule has 0 aliphatic rings. The Balaban J connectivity index is 4.12. The summed E-state index contributed by atoms with van der Waals surface area (Å²) < 4.78 is 4.87. The van der Waals surface area contributed by atoms with Gasteiger partial charge in [0.2, 0.25) is 11.9 Å². The predicted octanol–water partition coefficient (Wildman–Crippen LogP) is -0.798. The van der Waals surface area contributed by atoms with E-state index in [1.807, 2.05) is 13.8 Å². The van der Waals surface area contributed by atoms with Crippen LogP contribution in [0.3, 0.4) is 0 Å². The Morgan fingerprint density at radius 1 is 1.39 bits per heavy atom. The molecule has 0 aliphatic heterocycles. The van der Waals surface area contributed by atoms with Crippen molar-refractivity contribution in [2.45, 2.75) is 26.8 Å². The van der Waals surface area contributed by atoms with Gasteiger partial charge in [-0.15, -0.1) is 0 Å². The van der Waals surface area contributed by atoms with E-state index < -0.39 is 6.04 Å². The van der Waals surface area contributed by atoms with Gasteiger partial charge in [-0.2, -0.15) is 0 Å². The summed E-state index contributed by atoms with van der Waals surface area (Å²) in [5.41, 5.74) is 2.41. The van der Waals surface area contributed by atoms with Crippen LogP contribution in [0.25, 0.3) is 0 Å². The van der Waals surface area contributed by atoms with E-state index in [0.717, 1.165) is 0 Å². The molecule has 0 saturated carbocycles. The first kappa shape index (κ1) is 16.7. The Morgan fingerprint density at radius 2 is 2.06 bits per heavy atom. The van der Waals surface area contributed by atoms with Crippen LogP contribution >= 0.6 is 0 Å². The number of hydrogen-bond acceptors (Lipinski definition) is 4. The van der Waals surface area contributed by atoms with Crippen molar-refractivity contribution in [1.82, 2.24) is 16.1 Å². The average molecular weight is 259 g/mol. The van der Waals surface area contributed by atoms with Gasteiger partial charge in [0.25, 0.3) is 0 Å². The summed E-state index contributed by atoms with van der Waals surface area (Å²) in [7, 11) is 1.60. The van der Waals surface area contributed by atoms with Crippen molar-refractivity contribution >= 4 is 11.9 Å². The highest BCUT2D eigenvalue weighted by molar-refractivity contribution is 5.88. The fraction of sp³-hybridized carbons (Fsp3) is 0.818. The molecule has 0 fully saturated rings. The topological polar surface area (TPSA) is 101 Å². The molecular formula is C11H25N5O2. The molecule has 0 saturated heterocycles. The van der Waals surface area contributed by atoms with Crippen LogP contribution in [-0.4, -0.2) is 44.7 Å². The summed E-state index contributed by atoms with van der Waals surface area (Å²) in [6.07, 6.45) is 0. The van der Waals surface area contributed by atoms with Crippen LogP contribution in [0, 0.1) is 5.92 Å². The molecule has 106 valence electrons. The van der Waals surface area contributed by atoms with Crippen molar-refractivity contribution in [2.24, 2.45) is 16.8 Å². The number of carbonyl (C=O) groups is 1. The highest BCUT2D eigenvalue weighted by atomic mass is 16.5. The second-order valence-corrected chi connectivity index (χ2v) is 4.37. The average Bonchev–Trinajstić information content (AvgIpc) is 2.34. The number of rotatable bonds is 7. The number of nitrogens with one attached hydrogen (secondary N) is 3. The van der Waals surface area contributed by atoms with Crippen molar-refractivity contribution in [3.63, 3.8) is 0 Å². The van der Waals surface area contributed by atoms with Gasteiger partial charge >= 0.3 is 0 Å². The van der Waals surface area contributed by atoms with Crippen molar-refractivity contribution in [2.75, 3.05) is 26.8 Å². The van der Waals surface area contributed by atoms with Gasteiger partial charge in [-0.05, 0) is 12.8 Å². The van der Waals surface area contributed by atoms with E-state index in [-0.39, 0.29) is 5.91 Å². The lowest BCUT2D eigenvalue weighted by Crippen LogP contribution is -2.51. The molecule has 5 N–H and O–H groups in total. The summed E-state index contributed by atoms with van der Waals surface area (Å²) in [6.45, 7) is 7.45. The molecule has 1 amide bonds. The van der Waals surface area contributed by atoms with Gasteiger partial charge in [0.05, 0.1) is 13.2 Å². The largest absolute Gasteiger partial charge is 0.383 e. The summed E-state index contributed by atoms with van der Waals surface area (Å²) in [5.74, 6) is 6.02. The minimum Gasteiger partial charge on any atom is -0.383 e. The van der Waals surface area contributed by atoms with Gasteiger partial charge in [-0.25, -0.2) is 10.8 Å². The summed E-state index contributed by atoms with van der Waals surface area (Å²) in [5, 5.41) is 5.72. The third-order valence-corrected chi connectivity index (χ3v) is 2.13. The minimum atomic E-state index is -0.402. The molecule has 0 rings (SSSR count). The molecule has 0 bridgehead atoms. The van der Waals surface area contributed by atoms with E-state index in [1.54, 1.807) is 14.0 Å². The zero-order valence-corrected chi connectivity index (χ0v) is 11.6. The van der Waals surface area contributed by atoms with Crippen LogP contribution in [0.2, 0.25) is 0 Å². The summed E-state index contributed by atoms with van der Waals surface area (Å²) in [4.78, 5) is 15.8. The van der Waals surface area contributed by atoms with Crippen LogP contribution in [-0.2, 0) is 9.53 Å². The smallest absolute Gasteiger partial charge is 0.242 e. The van der Waals surface area contributed by atoms with Crippen molar-refractivity contribution in [1.29, 1.82) is 0 Å². The highest BCUT2D eigenvalue weighted by Crippen LogP contribution is 1.89. The second kappa shape index (κ2) is 9.67. The van der Waals surface area contributed by atoms with Crippen LogP contribution < -0.4 is 21.9 Å². The number of ether oxygens (including phenoxy) is 1. The van der Waals surface area contributed by atoms with Crippen molar-refractivity contribution in [3.8, 4) is 0 Å². The number of carbonyl (C=O) groups excluding carboxylic acids is 1. The first-order valence-electron chi connectivity index (χ1n) is 6.05. The molecule has 1 unspecified atom stereocenters. The van der Waals surface area contributed by atoms with Crippen LogP contribution in [0.5, 0.6) is 0 Å². The monoisotopic (exact) mass is 259 g/mol. The van der Waals surface area contributed by atoms with Crippen molar-refractivity contribution in [3.05, 3.63) is 0 Å². The van der Waals surface area contributed by atoms with E-state index in [4.69, 9.17) is 10.6 Å². The SMILES string of the molecule is COCCN=C(NN)NC(C)C(=O)NCC(C)C. The quantitative estimate of drug-likeness (QED) is 0.158. The number of amides is 1. The molecule has 0 aromatic carbocycles. The van der Waals surface area contributed by atoms with Crippen LogP contribution in [0.15, 0.2) is 4.99 Å². The lowest BCUT2D eigenvalue weighted by molar-refractivity contribution is -0.122. The minimum absolute atomic E-state index is 0.0848. The maximum absolute atomic E-state index is 11.7. The second-order valence-electron chi connectivity index (χ2n) is 4.37. The lowest BCUT2D eigenvalue weighted by atomic mass is 10.2. The Labute approximate surface area is 109 Å². The van der Waals surface area contributed by atoms with Crippen molar-refractivity contribution < 1.29 is 9.53 Å². The third kappa shape index (κ3) is 7.86. The van der Waals surface area contributed by atoms with E-state index in [2.05, 4.69) is 21.1 Å². The maximum atomic E-state index is 11.7. The number of nitrogens with two attached hydrogens (primary N) is 1. The molecule has 0 aromatic heterocycles. The number of guanidine groups is 1. The van der Waals surface area contributed by atoms with Gasteiger partial charge in [0, 0.05) is 13.7 Å². The summed E-state index contributed by atoms with van der Waals surface area (Å²) >= 11 is 0. The van der Waals surface area contributed by atoms with Gasteiger partial charge in [-0.1, -0.05) is 13.8 Å². The van der Waals surface area contributed by atoms with Gasteiger partial charge in [-0.3, -0.25) is 10.2 Å². The van der Waals surface area contributed by atoms with Gasteiger partial charge in [0.1, 0.15) is 6.04 Å². The molecule has 7 nitrogen and oxygen atoms in total.